The summed E-state index contributed by atoms with van der Waals surface area (Å²) < 4.78 is 10.5. The fraction of sp³-hybridized carbons (Fsp3) is 0.0952. The minimum absolute atomic E-state index is 0.140. The van der Waals surface area contributed by atoms with Crippen molar-refractivity contribution >= 4 is 17.2 Å². The summed E-state index contributed by atoms with van der Waals surface area (Å²) in [4.78, 5) is 18.2. The van der Waals surface area contributed by atoms with Gasteiger partial charge >= 0.3 is 0 Å². The third-order valence-corrected chi connectivity index (χ3v) is 5.19. The van der Waals surface area contributed by atoms with E-state index in [1.807, 2.05) is 60.7 Å². The molecule has 28 heavy (non-hydrogen) atoms. The molecule has 0 radical (unpaired) electrons. The molecule has 0 spiro atoms. The lowest BCUT2D eigenvalue weighted by atomic mass is 10.2. The molecule has 4 aromatic rings. The lowest BCUT2D eigenvalue weighted by Gasteiger charge is -2.05. The minimum Gasteiger partial charge on any atom is -0.497 e. The second-order valence-corrected chi connectivity index (χ2v) is 7.07. The molecule has 0 atom stereocenters. The van der Waals surface area contributed by atoms with Gasteiger partial charge in [-0.25, -0.2) is 0 Å². The number of carbonyl (C=O) groups is 1. The molecule has 0 bridgehead atoms. The van der Waals surface area contributed by atoms with Gasteiger partial charge in [-0.2, -0.15) is 4.98 Å². The summed E-state index contributed by atoms with van der Waals surface area (Å²) in [7, 11) is 1.62. The summed E-state index contributed by atoms with van der Waals surface area (Å²) >= 11 is 1.33. The number of hydrogen-bond acceptors (Lipinski definition) is 6. The molecule has 0 saturated carbocycles. The summed E-state index contributed by atoms with van der Waals surface area (Å²) in [5, 5.41) is 6.94. The molecule has 0 aliphatic heterocycles. The van der Waals surface area contributed by atoms with Gasteiger partial charge in [0.2, 0.25) is 5.82 Å². The molecular formula is C21H17N3O3S. The van der Waals surface area contributed by atoms with Gasteiger partial charge in [-0.3, -0.25) is 4.79 Å². The lowest BCUT2D eigenvalue weighted by Crippen LogP contribution is -2.21. The van der Waals surface area contributed by atoms with E-state index in [1.165, 1.54) is 11.3 Å². The Hall–Kier alpha value is -3.45. The molecule has 6 nitrogen and oxygen atoms in total. The number of rotatable bonds is 6. The molecule has 0 aliphatic rings. The first kappa shape index (κ1) is 17.9. The van der Waals surface area contributed by atoms with Crippen molar-refractivity contribution in [3.05, 3.63) is 77.2 Å². The fourth-order valence-corrected chi connectivity index (χ4v) is 3.46. The molecule has 2 aromatic heterocycles. The first-order valence-corrected chi connectivity index (χ1v) is 9.45. The van der Waals surface area contributed by atoms with Crippen LogP contribution in [0, 0.1) is 0 Å². The Morgan fingerprint density at radius 2 is 1.86 bits per heavy atom. The van der Waals surface area contributed by atoms with Crippen LogP contribution in [0.2, 0.25) is 0 Å². The highest BCUT2D eigenvalue weighted by molar-refractivity contribution is 7.17. The molecule has 4 rings (SSSR count). The molecule has 0 fully saturated rings. The Morgan fingerprint density at radius 1 is 1.07 bits per heavy atom. The number of thiophene rings is 1. The van der Waals surface area contributed by atoms with Gasteiger partial charge in [0.25, 0.3) is 11.8 Å². The third kappa shape index (κ3) is 3.94. The highest BCUT2D eigenvalue weighted by Crippen LogP contribution is 2.28. The van der Waals surface area contributed by atoms with Gasteiger partial charge in [0, 0.05) is 12.1 Å². The van der Waals surface area contributed by atoms with Crippen molar-refractivity contribution in [2.75, 3.05) is 7.11 Å². The number of hydrogen-bond donors (Lipinski definition) is 1. The van der Waals surface area contributed by atoms with Crippen LogP contribution in [0.15, 0.2) is 71.3 Å². The zero-order valence-corrected chi connectivity index (χ0v) is 15.9. The van der Waals surface area contributed by atoms with Crippen LogP contribution < -0.4 is 10.1 Å². The van der Waals surface area contributed by atoms with E-state index in [9.17, 15) is 4.79 Å². The molecule has 0 unspecified atom stereocenters. The van der Waals surface area contributed by atoms with Crippen molar-refractivity contribution in [1.29, 1.82) is 0 Å². The van der Waals surface area contributed by atoms with E-state index in [0.29, 0.717) is 23.1 Å². The summed E-state index contributed by atoms with van der Waals surface area (Å²) in [6.45, 7) is 0.441. The zero-order valence-electron chi connectivity index (χ0n) is 15.1. The van der Waals surface area contributed by atoms with Crippen LogP contribution in [0.5, 0.6) is 5.75 Å². The van der Waals surface area contributed by atoms with E-state index in [0.717, 1.165) is 21.8 Å². The van der Waals surface area contributed by atoms with E-state index < -0.39 is 0 Å². The number of amides is 1. The highest BCUT2D eigenvalue weighted by atomic mass is 32.1. The molecular weight excluding hydrogens is 374 g/mol. The number of ether oxygens (including phenoxy) is 1. The Morgan fingerprint density at radius 3 is 2.61 bits per heavy atom. The highest BCUT2D eigenvalue weighted by Gasteiger charge is 2.15. The number of carbonyl (C=O) groups excluding carboxylic acids is 1. The van der Waals surface area contributed by atoms with E-state index >= 15 is 0 Å². The monoisotopic (exact) mass is 391 g/mol. The van der Waals surface area contributed by atoms with Gasteiger partial charge in [0.1, 0.15) is 5.75 Å². The number of methoxy groups -OCH3 is 1. The van der Waals surface area contributed by atoms with Crippen LogP contribution in [0.25, 0.3) is 22.2 Å². The van der Waals surface area contributed by atoms with Crippen molar-refractivity contribution in [2.24, 2.45) is 0 Å². The Bertz CT molecular complexity index is 1070. The van der Waals surface area contributed by atoms with E-state index in [-0.39, 0.29) is 5.91 Å². The summed E-state index contributed by atoms with van der Waals surface area (Å²) in [5.41, 5.74) is 1.85. The Labute approximate surface area is 165 Å². The quantitative estimate of drug-likeness (QED) is 0.527. The second kappa shape index (κ2) is 8.06. The molecule has 1 N–H and O–H groups in total. The molecule has 1 amide bonds. The van der Waals surface area contributed by atoms with Crippen LogP contribution >= 0.6 is 11.3 Å². The van der Waals surface area contributed by atoms with Crippen molar-refractivity contribution in [1.82, 2.24) is 15.5 Å². The normalized spacial score (nSPS) is 10.6. The molecule has 0 saturated heterocycles. The minimum atomic E-state index is -0.140. The van der Waals surface area contributed by atoms with Gasteiger partial charge in [-0.05, 0) is 42.0 Å². The third-order valence-electron chi connectivity index (χ3n) is 4.11. The average Bonchev–Trinajstić information content (AvgIpc) is 3.43. The van der Waals surface area contributed by atoms with E-state index in [4.69, 9.17) is 9.26 Å². The average molecular weight is 391 g/mol. The fourth-order valence-electron chi connectivity index (χ4n) is 2.61. The molecule has 7 heteroatoms. The van der Waals surface area contributed by atoms with Gasteiger partial charge in [0.05, 0.1) is 16.9 Å². The SMILES string of the molecule is COc1ccc(CNC(=O)c2ccc(-c3noc(-c4ccccc4)n3)s2)cc1. The smallest absolute Gasteiger partial charge is 0.261 e. The van der Waals surface area contributed by atoms with Crippen LogP contribution in [-0.2, 0) is 6.54 Å². The number of aromatic nitrogens is 2. The first-order valence-electron chi connectivity index (χ1n) is 8.63. The molecule has 0 aliphatic carbocycles. The summed E-state index contributed by atoms with van der Waals surface area (Å²) in [6.07, 6.45) is 0. The topological polar surface area (TPSA) is 77.2 Å². The second-order valence-electron chi connectivity index (χ2n) is 5.98. The van der Waals surface area contributed by atoms with Crippen LogP contribution in [0.4, 0.5) is 0 Å². The maximum Gasteiger partial charge on any atom is 0.261 e. The van der Waals surface area contributed by atoms with Crippen molar-refractivity contribution in [3.63, 3.8) is 0 Å². The van der Waals surface area contributed by atoms with E-state index in [1.54, 1.807) is 13.2 Å². The lowest BCUT2D eigenvalue weighted by molar-refractivity contribution is 0.0955. The van der Waals surface area contributed by atoms with Crippen molar-refractivity contribution < 1.29 is 14.1 Å². The Balaban J connectivity index is 1.42. The van der Waals surface area contributed by atoms with Crippen molar-refractivity contribution in [2.45, 2.75) is 6.54 Å². The standard InChI is InChI=1S/C21H17N3O3S/c1-26-16-9-7-14(8-10-16)13-22-20(25)18-12-11-17(28-18)19-23-21(27-24-19)15-5-3-2-4-6-15/h2-12H,13H2,1H3,(H,22,25). The number of nitrogens with one attached hydrogen (secondary N) is 1. The number of nitrogens with zero attached hydrogens (tertiary/aromatic N) is 2. The molecule has 2 aromatic carbocycles. The maximum absolute atomic E-state index is 12.4. The van der Waals surface area contributed by atoms with Crippen LogP contribution in [0.3, 0.4) is 0 Å². The summed E-state index contributed by atoms with van der Waals surface area (Å²) in [5.74, 6) is 1.57. The largest absolute Gasteiger partial charge is 0.497 e. The predicted molar refractivity (Wildman–Crippen MR) is 107 cm³/mol. The maximum atomic E-state index is 12.4. The van der Waals surface area contributed by atoms with Gasteiger partial charge in [0.15, 0.2) is 0 Å². The molecule has 2 heterocycles. The predicted octanol–water partition coefficient (Wildman–Crippen LogP) is 4.40. The Kier molecular flexibility index (Phi) is 5.16. The van der Waals surface area contributed by atoms with Crippen LogP contribution in [-0.4, -0.2) is 23.2 Å². The first-order chi connectivity index (χ1) is 13.7. The molecule has 140 valence electrons. The van der Waals surface area contributed by atoms with E-state index in [2.05, 4.69) is 15.5 Å². The van der Waals surface area contributed by atoms with Crippen molar-refractivity contribution in [3.8, 4) is 27.9 Å². The van der Waals surface area contributed by atoms with Crippen LogP contribution in [0.1, 0.15) is 15.2 Å². The van der Waals surface area contributed by atoms with Gasteiger partial charge in [-0.1, -0.05) is 35.5 Å². The number of benzene rings is 2. The van der Waals surface area contributed by atoms with Gasteiger partial charge < -0.3 is 14.6 Å². The van der Waals surface area contributed by atoms with Gasteiger partial charge in [-0.15, -0.1) is 11.3 Å². The summed E-state index contributed by atoms with van der Waals surface area (Å²) in [6, 6.07) is 20.7. The zero-order chi connectivity index (χ0) is 19.3.